The van der Waals surface area contributed by atoms with Crippen LogP contribution in [-0.4, -0.2) is 27.5 Å². The number of hydrogen-bond acceptors (Lipinski definition) is 4. The number of alkyl halides is 3. The number of imidazole rings is 1. The molecule has 9 heteroatoms. The number of carbonyl (C=O) groups excluding carboxylic acids is 1. The van der Waals surface area contributed by atoms with Crippen LogP contribution in [0.4, 0.5) is 19.0 Å². The molecule has 0 aliphatic carbocycles. The third kappa shape index (κ3) is 4.00. The Bertz CT molecular complexity index is 1230. The first-order valence-corrected chi connectivity index (χ1v) is 10.7. The van der Waals surface area contributed by atoms with Gasteiger partial charge in [-0.15, -0.1) is 0 Å². The molecule has 0 fully saturated rings. The second kappa shape index (κ2) is 8.08. The molecule has 2 N–H and O–H groups in total. The summed E-state index contributed by atoms with van der Waals surface area (Å²) in [5, 5.41) is 4.50. The van der Waals surface area contributed by atoms with Gasteiger partial charge in [0.2, 0.25) is 0 Å². The lowest BCUT2D eigenvalue weighted by molar-refractivity contribution is -0.138. The van der Waals surface area contributed by atoms with E-state index in [1.165, 1.54) is 12.1 Å². The fraction of sp³-hybridized carbons (Fsp3) is 0.250. The number of amides is 1. The molecule has 2 aliphatic heterocycles. The zero-order valence-electron chi connectivity index (χ0n) is 17.9. The number of nitrogens with zero attached hydrogens (tertiary/aromatic N) is 3. The zero-order chi connectivity index (χ0) is 23.2. The number of anilines is 1. The van der Waals surface area contributed by atoms with Gasteiger partial charge in [-0.1, -0.05) is 30.3 Å². The Balaban J connectivity index is 1.51. The first kappa shape index (κ1) is 21.3. The maximum absolute atomic E-state index is 13.7. The number of aromatic nitrogens is 2. The van der Waals surface area contributed by atoms with Crippen LogP contribution in [0.15, 0.2) is 60.8 Å². The highest BCUT2D eigenvalue weighted by molar-refractivity contribution is 6.05. The van der Waals surface area contributed by atoms with Gasteiger partial charge < -0.3 is 14.9 Å². The summed E-state index contributed by atoms with van der Waals surface area (Å²) >= 11 is 0. The van der Waals surface area contributed by atoms with E-state index in [0.29, 0.717) is 11.5 Å². The topological polar surface area (TPSA) is 62.2 Å². The van der Waals surface area contributed by atoms with Gasteiger partial charge in [0.05, 0.1) is 11.6 Å². The Kier molecular flexibility index (Phi) is 5.20. The van der Waals surface area contributed by atoms with Crippen LogP contribution >= 0.6 is 0 Å². The molecular weight excluding hydrogens is 431 g/mol. The number of halogens is 3. The minimum Gasteiger partial charge on any atom is -0.318 e. The zero-order valence-corrected chi connectivity index (χ0v) is 17.9. The van der Waals surface area contributed by atoms with Gasteiger partial charge in [0.25, 0.3) is 5.91 Å². The average Bonchev–Trinajstić information content (AvgIpc) is 3.51. The van der Waals surface area contributed by atoms with Gasteiger partial charge in [0, 0.05) is 37.3 Å². The van der Waals surface area contributed by atoms with E-state index in [0.717, 1.165) is 36.8 Å². The smallest absolute Gasteiger partial charge is 0.318 e. The molecule has 2 aliphatic rings. The first-order valence-electron chi connectivity index (χ1n) is 10.7. The lowest BCUT2D eigenvalue weighted by Crippen LogP contribution is -2.28. The largest absolute Gasteiger partial charge is 0.416 e. The number of benzene rings is 2. The van der Waals surface area contributed by atoms with E-state index in [9.17, 15) is 18.0 Å². The number of fused-ring (bicyclic) bond motifs is 1. The number of hydrogen-bond donors (Lipinski definition) is 2. The van der Waals surface area contributed by atoms with Crippen LogP contribution in [-0.2, 0) is 19.1 Å². The van der Waals surface area contributed by atoms with E-state index in [1.54, 1.807) is 24.3 Å². The van der Waals surface area contributed by atoms with Crippen molar-refractivity contribution in [1.29, 1.82) is 0 Å². The van der Waals surface area contributed by atoms with E-state index in [-0.39, 0.29) is 11.1 Å². The van der Waals surface area contributed by atoms with Crippen molar-refractivity contribution in [3.63, 3.8) is 0 Å². The highest BCUT2D eigenvalue weighted by Crippen LogP contribution is 2.37. The minimum atomic E-state index is -4.53. The van der Waals surface area contributed by atoms with Crippen molar-refractivity contribution in [2.75, 3.05) is 12.4 Å². The van der Waals surface area contributed by atoms with Crippen molar-refractivity contribution in [3.05, 3.63) is 83.3 Å². The van der Waals surface area contributed by atoms with Crippen LogP contribution in [0.5, 0.6) is 0 Å². The van der Waals surface area contributed by atoms with E-state index in [2.05, 4.69) is 10.7 Å². The molecule has 0 radical (unpaired) electrons. The lowest BCUT2D eigenvalue weighted by atomic mass is 9.97. The average molecular weight is 453 g/mol. The molecule has 0 spiro atoms. The van der Waals surface area contributed by atoms with Crippen molar-refractivity contribution in [1.82, 2.24) is 20.0 Å². The Morgan fingerprint density at radius 1 is 1.18 bits per heavy atom. The lowest BCUT2D eigenvalue weighted by Gasteiger charge is -2.20. The van der Waals surface area contributed by atoms with Gasteiger partial charge in [-0.3, -0.25) is 4.79 Å². The van der Waals surface area contributed by atoms with Gasteiger partial charge >= 0.3 is 6.18 Å². The molecule has 0 saturated heterocycles. The van der Waals surface area contributed by atoms with Crippen LogP contribution in [0.2, 0.25) is 0 Å². The SMILES string of the molecule is CN1C=CC(c2cc(C(=O)Nc3c(-c4ccccc4)nc4n3CCC4)ccc2C(F)(F)F)N1. The number of carbonyl (C=O) groups is 1. The van der Waals surface area contributed by atoms with Crippen LogP contribution in [0, 0.1) is 0 Å². The molecule has 2 aromatic carbocycles. The van der Waals surface area contributed by atoms with E-state index in [1.807, 2.05) is 34.9 Å². The Morgan fingerprint density at radius 3 is 2.67 bits per heavy atom. The molecule has 3 heterocycles. The minimum absolute atomic E-state index is 0.00227. The molecule has 1 aromatic heterocycles. The van der Waals surface area contributed by atoms with Crippen LogP contribution in [0.25, 0.3) is 11.3 Å². The quantitative estimate of drug-likeness (QED) is 0.597. The molecule has 1 amide bonds. The predicted octanol–water partition coefficient (Wildman–Crippen LogP) is 4.77. The molecule has 6 nitrogen and oxygen atoms in total. The van der Waals surface area contributed by atoms with Crippen LogP contribution in [0.3, 0.4) is 0 Å². The van der Waals surface area contributed by atoms with Crippen molar-refractivity contribution in [3.8, 4) is 11.3 Å². The van der Waals surface area contributed by atoms with Crippen molar-refractivity contribution in [2.24, 2.45) is 0 Å². The van der Waals surface area contributed by atoms with E-state index in [4.69, 9.17) is 4.98 Å². The van der Waals surface area contributed by atoms with E-state index >= 15 is 0 Å². The summed E-state index contributed by atoms with van der Waals surface area (Å²) in [5.74, 6) is 0.978. The van der Waals surface area contributed by atoms with Gasteiger partial charge in [0.1, 0.15) is 17.3 Å². The second-order valence-electron chi connectivity index (χ2n) is 8.16. The summed E-state index contributed by atoms with van der Waals surface area (Å²) in [6.45, 7) is 0.728. The standard InChI is InChI=1S/C24H22F3N5O/c1-31-13-11-19(30-31)17-14-16(9-10-18(17)24(25,26)27)23(33)29-22-21(15-6-3-2-4-7-15)28-20-8-5-12-32(20)22/h2-4,6-7,9-11,13-14,19,30H,5,8,12H2,1H3,(H,29,33). The fourth-order valence-corrected chi connectivity index (χ4v) is 4.34. The maximum atomic E-state index is 13.7. The van der Waals surface area contributed by atoms with E-state index < -0.39 is 23.7 Å². The summed E-state index contributed by atoms with van der Waals surface area (Å²) in [6, 6.07) is 12.3. The normalized spacial score (nSPS) is 17.5. The number of rotatable bonds is 4. The fourth-order valence-electron chi connectivity index (χ4n) is 4.34. The number of aryl methyl sites for hydroxylation is 1. The highest BCUT2D eigenvalue weighted by Gasteiger charge is 2.36. The summed E-state index contributed by atoms with van der Waals surface area (Å²) < 4.78 is 42.9. The molecule has 1 atom stereocenters. The monoisotopic (exact) mass is 453 g/mol. The van der Waals surface area contributed by atoms with Crippen LogP contribution in [0.1, 0.15) is 39.8 Å². The molecular formula is C24H22F3N5O. The molecule has 33 heavy (non-hydrogen) atoms. The van der Waals surface area contributed by atoms with Gasteiger partial charge in [-0.2, -0.15) is 13.2 Å². The summed E-state index contributed by atoms with van der Waals surface area (Å²) in [5.41, 5.74) is 3.84. The third-order valence-electron chi connectivity index (χ3n) is 5.91. The van der Waals surface area contributed by atoms with Crippen LogP contribution < -0.4 is 10.7 Å². The number of hydrazine groups is 1. The first-order chi connectivity index (χ1) is 15.8. The summed E-state index contributed by atoms with van der Waals surface area (Å²) in [4.78, 5) is 17.9. The van der Waals surface area contributed by atoms with Crippen molar-refractivity contribution >= 4 is 11.7 Å². The van der Waals surface area contributed by atoms with Crippen molar-refractivity contribution < 1.29 is 18.0 Å². The Hall–Kier alpha value is -3.59. The highest BCUT2D eigenvalue weighted by atomic mass is 19.4. The molecule has 0 bridgehead atoms. The Labute approximate surface area is 188 Å². The summed E-state index contributed by atoms with van der Waals surface area (Å²) in [7, 11) is 1.70. The molecule has 3 aromatic rings. The summed E-state index contributed by atoms with van der Waals surface area (Å²) in [6.07, 6.45) is 0.488. The molecule has 1 unspecified atom stereocenters. The maximum Gasteiger partial charge on any atom is 0.416 e. The van der Waals surface area contributed by atoms with Gasteiger partial charge in [-0.25, -0.2) is 10.4 Å². The van der Waals surface area contributed by atoms with Gasteiger partial charge in [-0.05, 0) is 36.3 Å². The molecule has 0 saturated carbocycles. The van der Waals surface area contributed by atoms with Crippen molar-refractivity contribution in [2.45, 2.75) is 31.6 Å². The molecule has 5 rings (SSSR count). The third-order valence-corrected chi connectivity index (χ3v) is 5.91. The second-order valence-corrected chi connectivity index (χ2v) is 8.16. The van der Waals surface area contributed by atoms with Gasteiger partial charge in [0.15, 0.2) is 0 Å². The molecule has 170 valence electrons. The predicted molar refractivity (Wildman–Crippen MR) is 118 cm³/mol. The number of nitrogens with one attached hydrogen (secondary N) is 2. The Morgan fingerprint density at radius 2 is 1.97 bits per heavy atom.